The number of piperidine rings is 1. The third-order valence-electron chi connectivity index (χ3n) is 5.51. The monoisotopic (exact) mass is 425 g/mol. The summed E-state index contributed by atoms with van der Waals surface area (Å²) in [5.74, 6) is -0.769. The van der Waals surface area contributed by atoms with Gasteiger partial charge in [-0.3, -0.25) is 14.4 Å². The van der Waals surface area contributed by atoms with Gasteiger partial charge < -0.3 is 15.5 Å². The summed E-state index contributed by atoms with van der Waals surface area (Å²) in [6, 6.07) is 14.0. The van der Waals surface area contributed by atoms with E-state index in [9.17, 15) is 14.4 Å². The normalized spacial score (nSPS) is 18.6. The molecule has 2 N–H and O–H groups in total. The Morgan fingerprint density at radius 1 is 0.967 bits per heavy atom. The van der Waals surface area contributed by atoms with Crippen molar-refractivity contribution in [1.29, 1.82) is 0 Å². The van der Waals surface area contributed by atoms with Crippen LogP contribution in [0, 0.1) is 5.92 Å². The van der Waals surface area contributed by atoms with Crippen molar-refractivity contribution in [1.82, 2.24) is 10.2 Å². The molecule has 1 atom stereocenters. The van der Waals surface area contributed by atoms with Crippen molar-refractivity contribution < 1.29 is 14.4 Å². The molecule has 2 aliphatic rings. The molecule has 1 aliphatic heterocycles. The van der Waals surface area contributed by atoms with Gasteiger partial charge in [0, 0.05) is 29.7 Å². The van der Waals surface area contributed by atoms with E-state index >= 15 is 0 Å². The lowest BCUT2D eigenvalue weighted by Crippen LogP contribution is -2.43. The maximum Gasteiger partial charge on any atom is 0.253 e. The molecule has 2 aromatic rings. The number of nitrogens with zero attached hydrogens (tertiary/aromatic N) is 1. The fourth-order valence-corrected chi connectivity index (χ4v) is 3.79. The highest BCUT2D eigenvalue weighted by Crippen LogP contribution is 2.24. The molecule has 1 unspecified atom stereocenters. The molecule has 7 heteroatoms. The zero-order valence-electron chi connectivity index (χ0n) is 16.6. The summed E-state index contributed by atoms with van der Waals surface area (Å²) >= 11 is 5.90. The molecule has 0 spiro atoms. The summed E-state index contributed by atoms with van der Waals surface area (Å²) in [5.41, 5.74) is 1.52. The number of nitrogens with one attached hydrogen (secondary N) is 2. The smallest absolute Gasteiger partial charge is 0.253 e. The van der Waals surface area contributed by atoms with Crippen LogP contribution < -0.4 is 10.6 Å². The minimum atomic E-state index is -0.324. The maximum absolute atomic E-state index is 12.9. The summed E-state index contributed by atoms with van der Waals surface area (Å²) < 4.78 is 0. The first-order valence-electron chi connectivity index (χ1n) is 10.3. The Labute approximate surface area is 180 Å². The van der Waals surface area contributed by atoms with Crippen molar-refractivity contribution in [2.75, 3.05) is 18.4 Å². The zero-order valence-corrected chi connectivity index (χ0v) is 17.3. The van der Waals surface area contributed by atoms with Gasteiger partial charge in [-0.05, 0) is 62.1 Å². The van der Waals surface area contributed by atoms with E-state index in [4.69, 9.17) is 11.6 Å². The number of amides is 3. The van der Waals surface area contributed by atoms with Gasteiger partial charge in [-0.15, -0.1) is 0 Å². The first-order valence-corrected chi connectivity index (χ1v) is 10.6. The summed E-state index contributed by atoms with van der Waals surface area (Å²) in [5, 5.41) is 6.44. The molecular weight excluding hydrogens is 402 g/mol. The minimum Gasteiger partial charge on any atom is -0.349 e. The molecule has 1 saturated heterocycles. The van der Waals surface area contributed by atoms with E-state index in [2.05, 4.69) is 10.6 Å². The fourth-order valence-electron chi connectivity index (χ4n) is 3.67. The fraction of sp³-hybridized carbons (Fsp3) is 0.348. The zero-order chi connectivity index (χ0) is 21.1. The van der Waals surface area contributed by atoms with E-state index in [1.54, 1.807) is 53.4 Å². The van der Waals surface area contributed by atoms with Gasteiger partial charge in [0.1, 0.15) is 0 Å². The van der Waals surface area contributed by atoms with E-state index in [0.717, 1.165) is 19.3 Å². The van der Waals surface area contributed by atoms with Crippen LogP contribution in [0.2, 0.25) is 5.02 Å². The molecule has 0 aromatic heterocycles. The largest absolute Gasteiger partial charge is 0.349 e. The third-order valence-corrected chi connectivity index (χ3v) is 5.76. The van der Waals surface area contributed by atoms with Crippen molar-refractivity contribution in [2.45, 2.75) is 31.7 Å². The van der Waals surface area contributed by atoms with Gasteiger partial charge >= 0.3 is 0 Å². The predicted octanol–water partition coefficient (Wildman–Crippen LogP) is 3.72. The van der Waals surface area contributed by atoms with E-state index < -0.39 is 0 Å². The Hall–Kier alpha value is -2.86. The number of benzene rings is 2. The summed E-state index contributed by atoms with van der Waals surface area (Å²) in [4.78, 5) is 39.9. The molecule has 156 valence electrons. The Balaban J connectivity index is 1.42. The Kier molecular flexibility index (Phi) is 6.04. The highest BCUT2D eigenvalue weighted by Gasteiger charge is 2.30. The third kappa shape index (κ3) is 4.82. The number of para-hydroxylation sites is 1. The number of likely N-dealkylation sites (tertiary alicyclic amines) is 1. The molecule has 4 rings (SSSR count). The molecule has 1 saturated carbocycles. The van der Waals surface area contributed by atoms with Crippen molar-refractivity contribution in [3.05, 3.63) is 64.7 Å². The Morgan fingerprint density at radius 3 is 2.43 bits per heavy atom. The first-order chi connectivity index (χ1) is 14.5. The van der Waals surface area contributed by atoms with Gasteiger partial charge in [0.25, 0.3) is 11.8 Å². The highest BCUT2D eigenvalue weighted by molar-refractivity contribution is 6.30. The van der Waals surface area contributed by atoms with E-state index in [1.165, 1.54) is 0 Å². The molecule has 1 heterocycles. The number of carbonyl (C=O) groups is 3. The summed E-state index contributed by atoms with van der Waals surface area (Å²) in [6.07, 6.45) is 3.45. The number of rotatable bonds is 5. The molecule has 2 aromatic carbocycles. The van der Waals surface area contributed by atoms with Crippen LogP contribution >= 0.6 is 11.6 Å². The molecule has 0 radical (unpaired) electrons. The van der Waals surface area contributed by atoms with Crippen LogP contribution in [-0.2, 0) is 4.79 Å². The second-order valence-corrected chi connectivity index (χ2v) is 8.32. The second-order valence-electron chi connectivity index (χ2n) is 7.88. The average Bonchev–Trinajstić information content (AvgIpc) is 3.58. The van der Waals surface area contributed by atoms with Crippen molar-refractivity contribution >= 4 is 35.0 Å². The number of halogens is 1. The number of hydrogen-bond acceptors (Lipinski definition) is 3. The molecule has 1 aliphatic carbocycles. The van der Waals surface area contributed by atoms with E-state index in [1.807, 2.05) is 0 Å². The lowest BCUT2D eigenvalue weighted by atomic mass is 9.96. The van der Waals surface area contributed by atoms with Gasteiger partial charge in [-0.25, -0.2) is 0 Å². The lowest BCUT2D eigenvalue weighted by Gasteiger charge is -2.32. The van der Waals surface area contributed by atoms with Crippen LogP contribution in [-0.4, -0.2) is 41.8 Å². The highest BCUT2D eigenvalue weighted by atomic mass is 35.5. The van der Waals surface area contributed by atoms with Crippen LogP contribution in [0.1, 0.15) is 46.4 Å². The van der Waals surface area contributed by atoms with Crippen molar-refractivity contribution in [3.8, 4) is 0 Å². The molecule has 0 bridgehead atoms. The van der Waals surface area contributed by atoms with Crippen LogP contribution in [0.5, 0.6) is 0 Å². The summed E-state index contributed by atoms with van der Waals surface area (Å²) in [6.45, 7) is 0.968. The molecular formula is C23H24ClN3O3. The van der Waals surface area contributed by atoms with E-state index in [-0.39, 0.29) is 29.7 Å². The van der Waals surface area contributed by atoms with Crippen molar-refractivity contribution in [3.63, 3.8) is 0 Å². The van der Waals surface area contributed by atoms with Crippen LogP contribution in [0.25, 0.3) is 0 Å². The Bertz CT molecular complexity index is 956. The lowest BCUT2D eigenvalue weighted by molar-refractivity contribution is -0.121. The van der Waals surface area contributed by atoms with Crippen LogP contribution in [0.3, 0.4) is 0 Å². The maximum atomic E-state index is 12.9. The number of hydrogen-bond donors (Lipinski definition) is 2. The van der Waals surface area contributed by atoms with Gasteiger partial charge in [0.2, 0.25) is 5.91 Å². The SMILES string of the molecule is O=C(NC1CC1)c1ccccc1NC(=O)C1CCCN(C(=O)c2ccc(Cl)cc2)C1. The van der Waals surface area contributed by atoms with Crippen molar-refractivity contribution in [2.24, 2.45) is 5.92 Å². The topological polar surface area (TPSA) is 78.5 Å². The van der Waals surface area contributed by atoms with Crippen LogP contribution in [0.4, 0.5) is 5.69 Å². The van der Waals surface area contributed by atoms with Gasteiger partial charge in [-0.1, -0.05) is 23.7 Å². The second kappa shape index (κ2) is 8.88. The minimum absolute atomic E-state index is 0.103. The predicted molar refractivity (Wildman–Crippen MR) is 116 cm³/mol. The summed E-state index contributed by atoms with van der Waals surface area (Å²) in [7, 11) is 0. The first kappa shape index (κ1) is 20.4. The quantitative estimate of drug-likeness (QED) is 0.766. The molecule has 2 fully saturated rings. The molecule has 3 amide bonds. The van der Waals surface area contributed by atoms with E-state index in [0.29, 0.717) is 41.3 Å². The number of anilines is 1. The number of carbonyl (C=O) groups excluding carboxylic acids is 3. The standard InChI is InChI=1S/C23H24ClN3O3/c24-17-9-7-15(8-10-17)23(30)27-13-3-4-16(14-27)21(28)26-20-6-2-1-5-19(20)22(29)25-18-11-12-18/h1-2,5-10,16,18H,3-4,11-14H2,(H,25,29)(H,26,28). The van der Waals surface area contributed by atoms with Crippen LogP contribution in [0.15, 0.2) is 48.5 Å². The Morgan fingerprint density at radius 2 is 1.70 bits per heavy atom. The average molecular weight is 426 g/mol. The van der Waals surface area contributed by atoms with Gasteiger partial charge in [0.05, 0.1) is 17.2 Å². The van der Waals surface area contributed by atoms with Gasteiger partial charge in [0.15, 0.2) is 0 Å². The van der Waals surface area contributed by atoms with Gasteiger partial charge in [-0.2, -0.15) is 0 Å². The molecule has 30 heavy (non-hydrogen) atoms. The molecule has 6 nitrogen and oxygen atoms in total.